The van der Waals surface area contributed by atoms with Gasteiger partial charge in [0.15, 0.2) is 0 Å². The summed E-state index contributed by atoms with van der Waals surface area (Å²) in [5.74, 6) is 2.43. The third-order valence-electron chi connectivity index (χ3n) is 2.33. The first-order chi connectivity index (χ1) is 8.84. The molecule has 2 heteroatoms. The second-order valence-corrected chi connectivity index (χ2v) is 3.73. The highest BCUT2D eigenvalue weighted by atomic mass is 16.5. The van der Waals surface area contributed by atoms with Crippen molar-refractivity contribution in [2.24, 2.45) is 0 Å². The third-order valence-corrected chi connectivity index (χ3v) is 2.33. The first-order valence-electron chi connectivity index (χ1n) is 5.64. The van der Waals surface area contributed by atoms with Gasteiger partial charge in [-0.05, 0) is 23.6 Å². The Balaban J connectivity index is 1.88. The van der Waals surface area contributed by atoms with Crippen molar-refractivity contribution in [3.63, 3.8) is 0 Å². The van der Waals surface area contributed by atoms with E-state index in [1.165, 1.54) is 0 Å². The SMILES string of the molecule is O=C(Cc1ccccc1)OC#Cc1ccccc1. The Bertz CT molecular complexity index is 562. The van der Waals surface area contributed by atoms with E-state index in [-0.39, 0.29) is 12.4 Å². The van der Waals surface area contributed by atoms with Gasteiger partial charge in [0.1, 0.15) is 6.11 Å². The van der Waals surface area contributed by atoms with E-state index in [0.717, 1.165) is 11.1 Å². The fraction of sp³-hybridized carbons (Fsp3) is 0.0625. The van der Waals surface area contributed by atoms with Crippen molar-refractivity contribution in [3.8, 4) is 12.0 Å². The molecule has 0 bridgehead atoms. The fourth-order valence-electron chi connectivity index (χ4n) is 1.46. The van der Waals surface area contributed by atoms with Gasteiger partial charge in [0, 0.05) is 5.56 Å². The molecular weight excluding hydrogens is 224 g/mol. The smallest absolute Gasteiger partial charge is 0.324 e. The largest absolute Gasteiger partial charge is 0.372 e. The molecule has 18 heavy (non-hydrogen) atoms. The number of benzene rings is 2. The zero-order valence-electron chi connectivity index (χ0n) is 9.80. The lowest BCUT2D eigenvalue weighted by Gasteiger charge is -1.97. The molecule has 2 aromatic carbocycles. The number of rotatable bonds is 2. The Morgan fingerprint density at radius 1 is 0.944 bits per heavy atom. The Labute approximate surface area is 106 Å². The van der Waals surface area contributed by atoms with Crippen LogP contribution in [0.2, 0.25) is 0 Å². The van der Waals surface area contributed by atoms with Crippen molar-refractivity contribution in [2.75, 3.05) is 0 Å². The van der Waals surface area contributed by atoms with Crippen LogP contribution in [-0.4, -0.2) is 5.97 Å². The van der Waals surface area contributed by atoms with Crippen LogP contribution in [0.5, 0.6) is 0 Å². The summed E-state index contributed by atoms with van der Waals surface area (Å²) in [6.07, 6.45) is 2.66. The Morgan fingerprint density at radius 2 is 1.56 bits per heavy atom. The van der Waals surface area contributed by atoms with Crippen molar-refractivity contribution in [2.45, 2.75) is 6.42 Å². The van der Waals surface area contributed by atoms with Crippen LogP contribution in [0.15, 0.2) is 60.7 Å². The van der Waals surface area contributed by atoms with Gasteiger partial charge in [-0.1, -0.05) is 48.5 Å². The molecule has 0 radical (unpaired) electrons. The zero-order valence-corrected chi connectivity index (χ0v) is 9.80. The molecule has 0 fully saturated rings. The maximum Gasteiger partial charge on any atom is 0.324 e. The first kappa shape index (κ1) is 11.9. The van der Waals surface area contributed by atoms with Crippen LogP contribution in [0, 0.1) is 12.0 Å². The van der Waals surface area contributed by atoms with Crippen molar-refractivity contribution in [1.29, 1.82) is 0 Å². The summed E-state index contributed by atoms with van der Waals surface area (Å²) in [7, 11) is 0. The van der Waals surface area contributed by atoms with E-state index in [0.29, 0.717) is 0 Å². The second kappa shape index (κ2) is 6.27. The molecule has 0 aliphatic heterocycles. The minimum Gasteiger partial charge on any atom is -0.372 e. The number of carbonyl (C=O) groups is 1. The van der Waals surface area contributed by atoms with E-state index in [4.69, 9.17) is 4.74 Å². The Hall–Kier alpha value is -2.53. The predicted octanol–water partition coefficient (Wildman–Crippen LogP) is 2.78. The summed E-state index contributed by atoms with van der Waals surface area (Å²) in [5, 5.41) is 0. The van der Waals surface area contributed by atoms with Crippen molar-refractivity contribution < 1.29 is 9.53 Å². The Kier molecular flexibility index (Phi) is 4.16. The highest BCUT2D eigenvalue weighted by Gasteiger charge is 2.02. The number of ether oxygens (including phenoxy) is 1. The van der Waals surface area contributed by atoms with Crippen molar-refractivity contribution in [3.05, 3.63) is 71.8 Å². The normalized spacial score (nSPS) is 9.11. The van der Waals surface area contributed by atoms with E-state index < -0.39 is 0 Å². The van der Waals surface area contributed by atoms with Crippen LogP contribution in [-0.2, 0) is 16.0 Å². The number of carbonyl (C=O) groups excluding carboxylic acids is 1. The summed E-state index contributed by atoms with van der Waals surface area (Å²) < 4.78 is 4.85. The molecule has 0 aromatic heterocycles. The quantitative estimate of drug-likeness (QED) is 0.592. The summed E-state index contributed by atoms with van der Waals surface area (Å²) >= 11 is 0. The van der Waals surface area contributed by atoms with Gasteiger partial charge < -0.3 is 4.74 Å². The highest BCUT2D eigenvalue weighted by Crippen LogP contribution is 2.00. The van der Waals surface area contributed by atoms with Crippen LogP contribution in [0.3, 0.4) is 0 Å². The molecule has 2 nitrogen and oxygen atoms in total. The predicted molar refractivity (Wildman–Crippen MR) is 69.6 cm³/mol. The van der Waals surface area contributed by atoms with Crippen LogP contribution in [0.25, 0.3) is 0 Å². The average molecular weight is 236 g/mol. The van der Waals surface area contributed by atoms with Gasteiger partial charge in [-0.2, -0.15) is 0 Å². The third kappa shape index (κ3) is 3.80. The van der Waals surface area contributed by atoms with Gasteiger partial charge in [-0.25, -0.2) is 0 Å². The second-order valence-electron chi connectivity index (χ2n) is 3.73. The van der Waals surface area contributed by atoms with Crippen molar-refractivity contribution >= 4 is 5.97 Å². The van der Waals surface area contributed by atoms with Gasteiger partial charge in [0.05, 0.1) is 6.42 Å². The molecule has 0 saturated heterocycles. The van der Waals surface area contributed by atoms with Crippen molar-refractivity contribution in [1.82, 2.24) is 0 Å². The van der Waals surface area contributed by atoms with Gasteiger partial charge in [0.25, 0.3) is 0 Å². The summed E-state index contributed by atoms with van der Waals surface area (Å²) in [5.41, 5.74) is 1.74. The molecule has 2 rings (SSSR count). The molecule has 0 amide bonds. The molecule has 0 aliphatic rings. The maximum atomic E-state index is 11.5. The molecule has 2 aromatic rings. The standard InChI is InChI=1S/C16H12O2/c17-16(13-15-9-5-2-6-10-15)18-12-11-14-7-3-1-4-8-14/h1-10H,13H2. The molecule has 0 unspecified atom stereocenters. The monoisotopic (exact) mass is 236 g/mol. The molecule has 88 valence electrons. The maximum absolute atomic E-state index is 11.5. The molecule has 0 N–H and O–H groups in total. The molecule has 0 atom stereocenters. The molecule has 0 saturated carbocycles. The van der Waals surface area contributed by atoms with E-state index in [1.807, 2.05) is 60.7 Å². The molecule has 0 spiro atoms. The number of hydrogen-bond donors (Lipinski definition) is 0. The van der Waals surface area contributed by atoms with Crippen LogP contribution in [0.1, 0.15) is 11.1 Å². The molecule has 0 aliphatic carbocycles. The van der Waals surface area contributed by atoms with Crippen LogP contribution < -0.4 is 0 Å². The summed E-state index contributed by atoms with van der Waals surface area (Å²) in [6, 6.07) is 18.8. The van der Waals surface area contributed by atoms with Crippen LogP contribution >= 0.6 is 0 Å². The molecular formula is C16H12O2. The lowest BCUT2D eigenvalue weighted by molar-refractivity contribution is -0.136. The topological polar surface area (TPSA) is 26.3 Å². The summed E-state index contributed by atoms with van der Waals surface area (Å²) in [6.45, 7) is 0. The minimum absolute atomic E-state index is 0.240. The van der Waals surface area contributed by atoms with Gasteiger partial charge >= 0.3 is 5.97 Å². The van der Waals surface area contributed by atoms with E-state index in [9.17, 15) is 4.79 Å². The van der Waals surface area contributed by atoms with E-state index in [1.54, 1.807) is 0 Å². The lowest BCUT2D eigenvalue weighted by Crippen LogP contribution is -2.03. The van der Waals surface area contributed by atoms with E-state index >= 15 is 0 Å². The summed E-state index contributed by atoms with van der Waals surface area (Å²) in [4.78, 5) is 11.5. The number of hydrogen-bond acceptors (Lipinski definition) is 2. The fourth-order valence-corrected chi connectivity index (χ4v) is 1.46. The first-order valence-corrected chi connectivity index (χ1v) is 5.64. The van der Waals surface area contributed by atoms with Gasteiger partial charge in [-0.15, -0.1) is 0 Å². The Morgan fingerprint density at radius 3 is 2.22 bits per heavy atom. The molecule has 0 heterocycles. The van der Waals surface area contributed by atoms with Gasteiger partial charge in [-0.3, -0.25) is 4.79 Å². The van der Waals surface area contributed by atoms with Gasteiger partial charge in [0.2, 0.25) is 0 Å². The lowest BCUT2D eigenvalue weighted by atomic mass is 10.2. The zero-order chi connectivity index (χ0) is 12.6. The van der Waals surface area contributed by atoms with E-state index in [2.05, 4.69) is 12.0 Å². The average Bonchev–Trinajstić information content (AvgIpc) is 2.41. The number of esters is 1. The highest BCUT2D eigenvalue weighted by molar-refractivity contribution is 5.73. The minimum atomic E-state index is -0.343. The van der Waals surface area contributed by atoms with Crippen LogP contribution in [0.4, 0.5) is 0 Å².